The Morgan fingerprint density at radius 3 is 2.56 bits per heavy atom. The van der Waals surface area contributed by atoms with Crippen LogP contribution in [-0.2, 0) is 32.2 Å². The number of aromatic amines is 1. The number of imidazole rings is 2. The molecule has 45 heavy (non-hydrogen) atoms. The molecule has 0 bridgehead atoms. The maximum Gasteiger partial charge on any atom is 0.386 e. The van der Waals surface area contributed by atoms with E-state index in [1.807, 2.05) is 4.57 Å². The zero-order valence-electron chi connectivity index (χ0n) is 23.5. The van der Waals surface area contributed by atoms with E-state index < -0.39 is 50.3 Å². The standard InChI is InChI=1S/C22H30N10O9P2S2/c1-37-15-12(6-38-42(34,35)44)40-21(32-9-28-14-19(32)29-22(24)30-20(14)33)16(15)41-43(36,45)39-5-10-2-3-11(4-10)31-8-27-13-17(23)25-7-26-18(13)31/h7-12,15-16,21H,2-6H2,1H3,(H,36,45)(H2,23,25,26)(H2,34,35,44)(H3,24,29,30,33)/t10-,11+,12-,15-,16-,21-,43?/m1/s1. The number of nitrogen functional groups attached to an aromatic ring is 2. The van der Waals surface area contributed by atoms with Gasteiger partial charge in [-0.1, -0.05) is 24.5 Å². The summed E-state index contributed by atoms with van der Waals surface area (Å²) in [6.07, 6.45) is 2.16. The molecule has 0 aromatic carbocycles. The number of H-pyrrole nitrogens is 1. The number of fused-ring (bicyclic) bond motifs is 2. The second-order valence-corrected chi connectivity index (χ2v) is 16.2. The van der Waals surface area contributed by atoms with Crippen molar-refractivity contribution >= 4 is 72.2 Å². The van der Waals surface area contributed by atoms with Crippen molar-refractivity contribution in [1.82, 2.24) is 39.0 Å². The largest absolute Gasteiger partial charge is 0.386 e. The number of nitrogens with one attached hydrogen (secondary N) is 1. The first-order valence-electron chi connectivity index (χ1n) is 13.5. The molecule has 0 radical (unpaired) electrons. The molecule has 0 amide bonds. The lowest BCUT2D eigenvalue weighted by Gasteiger charge is -2.26. The minimum atomic E-state index is -4.20. The van der Waals surface area contributed by atoms with Crippen LogP contribution in [0.4, 0.5) is 11.8 Å². The second kappa shape index (κ2) is 12.6. The third-order valence-corrected chi connectivity index (χ3v) is 10.2. The maximum absolute atomic E-state index is 13.6. The number of thiol groups is 2. The minimum Gasteiger partial charge on any atom is -0.382 e. The molecule has 2 unspecified atom stereocenters. The highest BCUT2D eigenvalue weighted by molar-refractivity contribution is 8.44. The van der Waals surface area contributed by atoms with Gasteiger partial charge in [0.05, 0.1) is 25.9 Å². The van der Waals surface area contributed by atoms with Gasteiger partial charge in [0.1, 0.15) is 30.2 Å². The van der Waals surface area contributed by atoms with E-state index in [-0.39, 0.29) is 35.7 Å². The second-order valence-electron chi connectivity index (χ2n) is 10.6. The van der Waals surface area contributed by atoms with Crippen LogP contribution in [0.25, 0.3) is 22.3 Å². The molecule has 5 heterocycles. The lowest BCUT2D eigenvalue weighted by atomic mass is 10.1. The first-order chi connectivity index (χ1) is 21.3. The summed E-state index contributed by atoms with van der Waals surface area (Å²) in [5, 5.41) is 0. The fourth-order valence-electron chi connectivity index (χ4n) is 5.74. The van der Waals surface area contributed by atoms with E-state index >= 15 is 0 Å². The third kappa shape index (κ3) is 6.78. The van der Waals surface area contributed by atoms with Gasteiger partial charge in [0.15, 0.2) is 28.9 Å². The van der Waals surface area contributed by atoms with E-state index in [9.17, 15) is 18.8 Å². The molecular weight excluding hydrogens is 674 g/mol. The maximum atomic E-state index is 13.6. The lowest BCUT2D eigenvalue weighted by Crippen LogP contribution is -2.37. The molecule has 1 aliphatic heterocycles. The average molecular weight is 705 g/mol. The molecule has 19 nitrogen and oxygen atoms in total. The summed E-state index contributed by atoms with van der Waals surface area (Å²) in [5.41, 5.74) is 12.2. The van der Waals surface area contributed by atoms with Gasteiger partial charge in [-0.25, -0.2) is 29.1 Å². The van der Waals surface area contributed by atoms with Gasteiger partial charge >= 0.3 is 13.6 Å². The van der Waals surface area contributed by atoms with E-state index in [1.165, 1.54) is 24.3 Å². The van der Waals surface area contributed by atoms with Gasteiger partial charge in [0.25, 0.3) is 5.56 Å². The van der Waals surface area contributed by atoms with Crippen LogP contribution in [0.5, 0.6) is 0 Å². The molecule has 4 aromatic rings. The van der Waals surface area contributed by atoms with Gasteiger partial charge in [-0.2, -0.15) is 4.98 Å². The predicted molar refractivity (Wildman–Crippen MR) is 166 cm³/mol. The van der Waals surface area contributed by atoms with E-state index in [0.717, 1.165) is 12.8 Å². The molecule has 0 spiro atoms. The van der Waals surface area contributed by atoms with Crippen molar-refractivity contribution in [2.75, 3.05) is 31.8 Å². The van der Waals surface area contributed by atoms with Gasteiger partial charge < -0.3 is 34.9 Å². The third-order valence-electron chi connectivity index (χ3n) is 7.71. The molecule has 1 saturated heterocycles. The predicted octanol–water partition coefficient (Wildman–Crippen LogP) is 1.86. The Morgan fingerprint density at radius 2 is 1.80 bits per heavy atom. The van der Waals surface area contributed by atoms with E-state index in [1.54, 1.807) is 6.33 Å². The first kappa shape index (κ1) is 32.4. The molecule has 6 rings (SSSR count). The van der Waals surface area contributed by atoms with E-state index in [2.05, 4.69) is 54.4 Å². The van der Waals surface area contributed by atoms with Crippen LogP contribution < -0.4 is 17.0 Å². The highest BCUT2D eigenvalue weighted by atomic mass is 32.7. The quantitative estimate of drug-likeness (QED) is 0.0961. The number of nitrogens with two attached hydrogens (primary N) is 2. The lowest BCUT2D eigenvalue weighted by molar-refractivity contribution is -0.0489. The van der Waals surface area contributed by atoms with E-state index in [4.69, 9.17) is 34.5 Å². The van der Waals surface area contributed by atoms with Crippen molar-refractivity contribution in [2.45, 2.75) is 49.8 Å². The topological polar surface area (TPSA) is 260 Å². The van der Waals surface area contributed by atoms with Crippen LogP contribution in [-0.4, -0.2) is 82.6 Å². The SMILES string of the molecule is CO[C@H]1[C@@H](OP(=O)(S)OC[C@@H]2CC[C@H](n3cnc4c(N)ncnc43)C2)[C@H](n2cnc3c(=O)[nH]c(N)nc32)O[C@@H]1COP(=O)(O)S. The molecule has 1 saturated carbocycles. The monoisotopic (exact) mass is 704 g/mol. The molecule has 2 fully saturated rings. The van der Waals surface area contributed by atoms with Crippen LogP contribution in [0, 0.1) is 5.92 Å². The molecule has 1 aliphatic carbocycles. The zero-order chi connectivity index (χ0) is 32.1. The average Bonchev–Trinajstić information content (AvgIpc) is 3.75. The number of nitrogens with zero attached hydrogens (tertiary/aromatic N) is 7. The van der Waals surface area contributed by atoms with Crippen LogP contribution >= 0.6 is 38.1 Å². The van der Waals surface area contributed by atoms with Gasteiger partial charge in [-0.05, 0) is 25.2 Å². The summed E-state index contributed by atoms with van der Waals surface area (Å²) in [4.78, 5) is 45.2. The summed E-state index contributed by atoms with van der Waals surface area (Å²) in [7, 11) is 1.34. The highest BCUT2D eigenvalue weighted by Gasteiger charge is 2.51. The van der Waals surface area contributed by atoms with Gasteiger partial charge in [-0.3, -0.25) is 23.4 Å². The molecule has 244 valence electrons. The fourth-order valence-corrected chi connectivity index (χ4v) is 7.80. The molecule has 4 aromatic heterocycles. The van der Waals surface area contributed by atoms with Crippen molar-refractivity contribution in [3.8, 4) is 0 Å². The zero-order valence-corrected chi connectivity index (χ0v) is 27.1. The Kier molecular flexibility index (Phi) is 9.03. The highest BCUT2D eigenvalue weighted by Crippen LogP contribution is 2.58. The Hall–Kier alpha value is -2.58. The number of ether oxygens (including phenoxy) is 2. The Labute approximate surface area is 264 Å². The molecule has 8 atom stereocenters. The number of anilines is 2. The number of rotatable bonds is 11. The van der Waals surface area contributed by atoms with Crippen molar-refractivity contribution in [3.63, 3.8) is 0 Å². The van der Waals surface area contributed by atoms with Crippen LogP contribution in [0.3, 0.4) is 0 Å². The van der Waals surface area contributed by atoms with Gasteiger partial charge in [0.2, 0.25) is 5.95 Å². The molecule has 2 aliphatic rings. The normalized spacial score (nSPS) is 28.1. The Bertz CT molecular complexity index is 1870. The summed E-state index contributed by atoms with van der Waals surface area (Å²) >= 11 is 7.78. The molecule has 6 N–H and O–H groups in total. The summed E-state index contributed by atoms with van der Waals surface area (Å²) in [6, 6.07) is 0.0660. The summed E-state index contributed by atoms with van der Waals surface area (Å²) in [6.45, 7) is -8.68. The number of hydrogen-bond acceptors (Lipinski definition) is 15. The van der Waals surface area contributed by atoms with Crippen molar-refractivity contribution in [1.29, 1.82) is 0 Å². The smallest absolute Gasteiger partial charge is 0.382 e. The molecule has 23 heteroatoms. The van der Waals surface area contributed by atoms with Crippen molar-refractivity contribution < 1.29 is 37.1 Å². The van der Waals surface area contributed by atoms with Crippen LogP contribution in [0.15, 0.2) is 23.8 Å². The van der Waals surface area contributed by atoms with Crippen LogP contribution in [0.1, 0.15) is 31.5 Å². The van der Waals surface area contributed by atoms with E-state index in [0.29, 0.717) is 23.4 Å². The fraction of sp³-hybridized carbons (Fsp3) is 0.545. The van der Waals surface area contributed by atoms with Crippen molar-refractivity contribution in [2.24, 2.45) is 5.92 Å². The number of hydrogen-bond donors (Lipinski definition) is 6. The summed E-state index contributed by atoms with van der Waals surface area (Å²) in [5.74, 6) is 0.131. The Morgan fingerprint density at radius 1 is 1.04 bits per heavy atom. The van der Waals surface area contributed by atoms with Crippen LogP contribution in [0.2, 0.25) is 0 Å². The molecular formula is C22H30N10O9P2S2. The number of aromatic nitrogens is 8. The minimum absolute atomic E-state index is 0.0104. The summed E-state index contributed by atoms with van der Waals surface area (Å²) < 4.78 is 57.0. The van der Waals surface area contributed by atoms with Crippen molar-refractivity contribution in [3.05, 3.63) is 29.3 Å². The Balaban J connectivity index is 1.19. The van der Waals surface area contributed by atoms with Gasteiger partial charge in [0, 0.05) is 13.2 Å². The van der Waals surface area contributed by atoms with Gasteiger partial charge in [-0.15, -0.1) is 0 Å². The number of methoxy groups -OCH3 is 1. The first-order valence-corrected chi connectivity index (χ1v) is 19.0.